The predicted octanol–water partition coefficient (Wildman–Crippen LogP) is 3.69. The average molecular weight is 432 g/mol. The normalized spacial score (nSPS) is 10.8. The Morgan fingerprint density at radius 3 is 2.44 bits per heavy atom. The van der Waals surface area contributed by atoms with E-state index in [0.29, 0.717) is 40.1 Å². The molecule has 0 atom stereocenters. The zero-order valence-corrected chi connectivity index (χ0v) is 17.4. The monoisotopic (exact) mass is 432 g/mol. The van der Waals surface area contributed by atoms with Crippen LogP contribution in [0.1, 0.15) is 11.3 Å². The van der Waals surface area contributed by atoms with Crippen LogP contribution in [0.4, 0.5) is 11.4 Å². The van der Waals surface area contributed by atoms with Crippen LogP contribution >= 0.6 is 0 Å². The van der Waals surface area contributed by atoms with Crippen LogP contribution in [0.5, 0.6) is 11.5 Å². The molecule has 3 N–H and O–H groups in total. The minimum atomic E-state index is -0.522. The molecule has 0 radical (unpaired) electrons. The fourth-order valence-corrected chi connectivity index (χ4v) is 3.68. The molecule has 1 heterocycles. The Morgan fingerprint density at radius 2 is 1.75 bits per heavy atom. The quantitative estimate of drug-likeness (QED) is 0.270. The number of aromatic nitrogens is 2. The van der Waals surface area contributed by atoms with Crippen molar-refractivity contribution >= 4 is 22.1 Å². The lowest BCUT2D eigenvalue weighted by atomic mass is 9.97. The van der Waals surface area contributed by atoms with Gasteiger partial charge in [-0.05, 0) is 23.8 Å². The maximum absolute atomic E-state index is 12.1. The van der Waals surface area contributed by atoms with Crippen LogP contribution in [0, 0.1) is 10.1 Å². The fraction of sp³-hybridized carbons (Fsp3) is 0.130. The summed E-state index contributed by atoms with van der Waals surface area (Å²) in [6, 6.07) is 15.4. The molecule has 9 heteroatoms. The topological polar surface area (TPSA) is 133 Å². The van der Waals surface area contributed by atoms with Crippen LogP contribution < -0.4 is 20.8 Å². The Morgan fingerprint density at radius 1 is 1.03 bits per heavy atom. The summed E-state index contributed by atoms with van der Waals surface area (Å²) in [5, 5.41) is 19.4. The lowest BCUT2D eigenvalue weighted by molar-refractivity contribution is -0.383. The lowest BCUT2D eigenvalue weighted by Gasteiger charge is -2.16. The second-order valence-corrected chi connectivity index (χ2v) is 7.12. The molecule has 32 heavy (non-hydrogen) atoms. The molecular weight excluding hydrogens is 412 g/mol. The minimum Gasteiger partial charge on any atom is -0.496 e. The van der Waals surface area contributed by atoms with Crippen LogP contribution in [0.25, 0.3) is 21.9 Å². The van der Waals surface area contributed by atoms with Crippen molar-refractivity contribution in [3.8, 4) is 22.6 Å². The summed E-state index contributed by atoms with van der Waals surface area (Å²) < 4.78 is 11.1. The number of nitro groups is 1. The Bertz CT molecular complexity index is 1400. The average Bonchev–Trinajstić information content (AvgIpc) is 2.81. The van der Waals surface area contributed by atoms with Gasteiger partial charge in [0.15, 0.2) is 0 Å². The van der Waals surface area contributed by atoms with E-state index in [1.165, 1.54) is 19.2 Å². The third-order valence-electron chi connectivity index (χ3n) is 5.27. The number of fused-ring (bicyclic) bond motifs is 1. The number of nitrogens with one attached hydrogen (secondary N) is 1. The van der Waals surface area contributed by atoms with Gasteiger partial charge in [0, 0.05) is 35.1 Å². The Hall–Kier alpha value is -4.40. The van der Waals surface area contributed by atoms with Gasteiger partial charge in [-0.25, -0.2) is 5.10 Å². The van der Waals surface area contributed by atoms with E-state index in [9.17, 15) is 14.9 Å². The van der Waals surface area contributed by atoms with E-state index < -0.39 is 4.92 Å². The number of nitrogen functional groups attached to an aromatic ring is 1. The van der Waals surface area contributed by atoms with Gasteiger partial charge in [0.05, 0.1) is 30.2 Å². The number of hydrogen-bond donors (Lipinski definition) is 2. The molecule has 0 bridgehead atoms. The van der Waals surface area contributed by atoms with Crippen LogP contribution in [-0.2, 0) is 6.42 Å². The highest BCUT2D eigenvalue weighted by Gasteiger charge is 2.19. The van der Waals surface area contributed by atoms with Crippen molar-refractivity contribution in [2.45, 2.75) is 6.42 Å². The lowest BCUT2D eigenvalue weighted by Crippen LogP contribution is -2.11. The summed E-state index contributed by atoms with van der Waals surface area (Å²) in [6.45, 7) is 0. The molecule has 9 nitrogen and oxygen atoms in total. The highest BCUT2D eigenvalue weighted by atomic mass is 16.6. The van der Waals surface area contributed by atoms with Crippen molar-refractivity contribution in [3.63, 3.8) is 0 Å². The first kappa shape index (κ1) is 20.9. The van der Waals surface area contributed by atoms with E-state index in [1.807, 2.05) is 18.2 Å². The highest BCUT2D eigenvalue weighted by Crippen LogP contribution is 2.39. The molecule has 162 valence electrons. The van der Waals surface area contributed by atoms with Gasteiger partial charge in [-0.2, -0.15) is 5.10 Å². The zero-order chi connectivity index (χ0) is 22.8. The molecule has 0 aliphatic rings. The van der Waals surface area contributed by atoms with E-state index in [-0.39, 0.29) is 16.9 Å². The maximum atomic E-state index is 12.1. The van der Waals surface area contributed by atoms with Crippen molar-refractivity contribution in [1.29, 1.82) is 0 Å². The van der Waals surface area contributed by atoms with E-state index in [2.05, 4.69) is 10.2 Å². The van der Waals surface area contributed by atoms with Crippen molar-refractivity contribution < 1.29 is 14.4 Å². The second-order valence-electron chi connectivity index (χ2n) is 7.12. The van der Waals surface area contributed by atoms with E-state index in [0.717, 1.165) is 10.9 Å². The molecule has 0 fully saturated rings. The van der Waals surface area contributed by atoms with Crippen LogP contribution in [0.15, 0.2) is 59.4 Å². The molecule has 0 saturated heterocycles. The van der Waals surface area contributed by atoms with Gasteiger partial charge in [-0.15, -0.1) is 0 Å². The highest BCUT2D eigenvalue weighted by molar-refractivity contribution is 5.84. The number of rotatable bonds is 6. The third kappa shape index (κ3) is 3.71. The van der Waals surface area contributed by atoms with E-state index in [1.54, 1.807) is 31.4 Å². The summed E-state index contributed by atoms with van der Waals surface area (Å²) in [6.07, 6.45) is 0.356. The SMILES string of the molecule is COc1cc(OC)c(-c2ccc(N)c([N+](=O)[O-])c2)cc1Cc1n[nH]c(=O)c2ccccc12. The van der Waals surface area contributed by atoms with Gasteiger partial charge in [0.25, 0.3) is 11.2 Å². The summed E-state index contributed by atoms with van der Waals surface area (Å²) in [4.78, 5) is 23.0. The Balaban J connectivity index is 1.88. The molecule has 0 unspecified atom stereocenters. The first-order chi connectivity index (χ1) is 15.4. The fourth-order valence-electron chi connectivity index (χ4n) is 3.68. The number of H-pyrrole nitrogens is 1. The van der Waals surface area contributed by atoms with Crippen LogP contribution in [-0.4, -0.2) is 29.3 Å². The number of methoxy groups -OCH3 is 2. The number of nitro benzene ring substituents is 1. The molecule has 4 aromatic rings. The van der Waals surface area contributed by atoms with Gasteiger partial charge in [0.1, 0.15) is 17.2 Å². The summed E-state index contributed by atoms with van der Waals surface area (Å²) in [5.74, 6) is 1.05. The Labute approximate surface area is 182 Å². The van der Waals surface area contributed by atoms with Crippen LogP contribution in [0.2, 0.25) is 0 Å². The molecule has 0 spiro atoms. The van der Waals surface area contributed by atoms with Gasteiger partial charge in [-0.1, -0.05) is 24.3 Å². The molecular formula is C23H20N4O5. The summed E-state index contributed by atoms with van der Waals surface area (Å²) >= 11 is 0. The molecule has 0 saturated carbocycles. The number of nitrogens with two attached hydrogens (primary N) is 1. The number of nitrogens with zero attached hydrogens (tertiary/aromatic N) is 2. The van der Waals surface area contributed by atoms with Crippen molar-refractivity contribution in [3.05, 3.63) is 86.3 Å². The second kappa shape index (κ2) is 8.38. The largest absolute Gasteiger partial charge is 0.496 e. The van der Waals surface area contributed by atoms with Gasteiger partial charge >= 0.3 is 0 Å². The molecule has 1 aromatic heterocycles. The van der Waals surface area contributed by atoms with Gasteiger partial charge in [-0.3, -0.25) is 14.9 Å². The van der Waals surface area contributed by atoms with Gasteiger partial charge < -0.3 is 15.2 Å². The molecule has 4 rings (SSSR count). The zero-order valence-electron chi connectivity index (χ0n) is 17.4. The number of anilines is 1. The third-order valence-corrected chi connectivity index (χ3v) is 5.27. The van der Waals surface area contributed by atoms with E-state index >= 15 is 0 Å². The van der Waals surface area contributed by atoms with Gasteiger partial charge in [0.2, 0.25) is 0 Å². The number of hydrogen-bond acceptors (Lipinski definition) is 7. The molecule has 0 aliphatic carbocycles. The number of benzene rings is 3. The first-order valence-electron chi connectivity index (χ1n) is 9.68. The minimum absolute atomic E-state index is 0.0790. The first-order valence-corrected chi connectivity index (χ1v) is 9.68. The van der Waals surface area contributed by atoms with Crippen molar-refractivity contribution in [2.24, 2.45) is 0 Å². The Kier molecular flexibility index (Phi) is 5.46. The standard InChI is InChI=1S/C23H20N4O5/c1-31-21-12-22(32-2)17(13-7-8-18(24)20(11-13)27(29)30)9-14(21)10-19-15-5-3-4-6-16(15)23(28)26-25-19/h3-9,11-12H,10,24H2,1-2H3,(H,26,28). The van der Waals surface area contributed by atoms with Crippen molar-refractivity contribution in [1.82, 2.24) is 10.2 Å². The van der Waals surface area contributed by atoms with Crippen molar-refractivity contribution in [2.75, 3.05) is 20.0 Å². The number of ether oxygens (including phenoxy) is 2. The number of aromatic amines is 1. The van der Waals surface area contributed by atoms with Crippen LogP contribution in [0.3, 0.4) is 0 Å². The summed E-state index contributed by atoms with van der Waals surface area (Å²) in [7, 11) is 3.06. The smallest absolute Gasteiger partial charge is 0.292 e. The maximum Gasteiger partial charge on any atom is 0.292 e. The molecule has 0 amide bonds. The predicted molar refractivity (Wildman–Crippen MR) is 121 cm³/mol. The molecule has 3 aromatic carbocycles. The molecule has 0 aliphatic heterocycles. The summed E-state index contributed by atoms with van der Waals surface area (Å²) in [5.41, 5.74) is 8.03. The van der Waals surface area contributed by atoms with E-state index in [4.69, 9.17) is 15.2 Å².